The number of hydrogen-bond donors (Lipinski definition) is 0. The Morgan fingerprint density at radius 1 is 1.20 bits per heavy atom. The summed E-state index contributed by atoms with van der Waals surface area (Å²) >= 11 is 0. The molecule has 3 rings (SSSR count). The summed E-state index contributed by atoms with van der Waals surface area (Å²) in [7, 11) is 0. The van der Waals surface area contributed by atoms with Gasteiger partial charge in [0.25, 0.3) is 0 Å². The Bertz CT molecular complexity index is 638. The van der Waals surface area contributed by atoms with Crippen molar-refractivity contribution >= 4 is 22.8 Å². The van der Waals surface area contributed by atoms with Crippen molar-refractivity contribution < 1.29 is 4.42 Å². The lowest BCUT2D eigenvalue weighted by molar-refractivity contribution is 0.575. The molecular formula is C14H14O. The molecule has 0 aliphatic heterocycles. The Labute approximate surface area is 89.0 Å². The van der Waals surface area contributed by atoms with Gasteiger partial charge in [0.15, 0.2) is 5.42 Å². The van der Waals surface area contributed by atoms with Crippen LogP contribution < -0.4 is 10.6 Å². The van der Waals surface area contributed by atoms with E-state index in [4.69, 9.17) is 4.42 Å². The number of benzene rings is 1. The monoisotopic (exact) mass is 198 g/mol. The van der Waals surface area contributed by atoms with Crippen LogP contribution in [-0.4, -0.2) is 0 Å². The molecule has 1 aliphatic carbocycles. The molecule has 0 bridgehead atoms. The molecule has 0 atom stereocenters. The third-order valence-electron chi connectivity index (χ3n) is 2.42. The molecule has 0 spiro atoms. The second-order valence-corrected chi connectivity index (χ2v) is 3.27. The van der Waals surface area contributed by atoms with E-state index < -0.39 is 0 Å². The van der Waals surface area contributed by atoms with Crippen LogP contribution in [0.1, 0.15) is 19.4 Å². The summed E-state index contributed by atoms with van der Waals surface area (Å²) in [4.78, 5) is 0. The highest BCUT2D eigenvalue weighted by Crippen LogP contribution is 2.13. The van der Waals surface area contributed by atoms with Crippen LogP contribution in [0.25, 0.3) is 22.8 Å². The highest BCUT2D eigenvalue weighted by Gasteiger charge is 2.05. The molecule has 2 aromatic rings. The molecule has 0 saturated carbocycles. The Morgan fingerprint density at radius 3 is 2.80 bits per heavy atom. The Hall–Kier alpha value is -1.72. The third-order valence-corrected chi connectivity index (χ3v) is 2.42. The van der Waals surface area contributed by atoms with E-state index in [9.17, 15) is 0 Å². The van der Waals surface area contributed by atoms with Crippen molar-refractivity contribution in [3.05, 3.63) is 40.5 Å². The second-order valence-electron chi connectivity index (χ2n) is 3.27. The lowest BCUT2D eigenvalue weighted by atomic mass is 10.1. The smallest absolute Gasteiger partial charge is 0.177 e. The third kappa shape index (κ3) is 1.42. The lowest BCUT2D eigenvalue weighted by Gasteiger charge is -1.91. The van der Waals surface area contributed by atoms with Crippen LogP contribution in [0.4, 0.5) is 0 Å². The average Bonchev–Trinajstić information content (AvgIpc) is 2.82. The minimum absolute atomic E-state index is 0.865. The molecule has 15 heavy (non-hydrogen) atoms. The summed E-state index contributed by atoms with van der Waals surface area (Å²) in [6.07, 6.45) is 3.94. The van der Waals surface area contributed by atoms with E-state index in [1.165, 1.54) is 16.2 Å². The van der Waals surface area contributed by atoms with E-state index in [2.05, 4.69) is 30.9 Å². The van der Waals surface area contributed by atoms with Crippen molar-refractivity contribution in [2.24, 2.45) is 0 Å². The van der Waals surface area contributed by atoms with Gasteiger partial charge in [0, 0.05) is 10.6 Å². The van der Waals surface area contributed by atoms with E-state index in [1.54, 1.807) is 0 Å². The summed E-state index contributed by atoms with van der Waals surface area (Å²) in [5.41, 5.74) is 6.11. The predicted molar refractivity (Wildman–Crippen MR) is 64.0 cm³/mol. The van der Waals surface area contributed by atoms with Gasteiger partial charge in [0.2, 0.25) is 0 Å². The molecule has 0 fully saturated rings. The largest absolute Gasteiger partial charge is 0.447 e. The molecule has 1 heterocycles. The molecule has 0 saturated heterocycles. The van der Waals surface area contributed by atoms with E-state index in [0.717, 1.165) is 11.0 Å². The fourth-order valence-corrected chi connectivity index (χ4v) is 1.75. The molecule has 1 nitrogen and oxygen atoms in total. The molecule has 0 unspecified atom stereocenters. The number of hydrogen-bond acceptors (Lipinski definition) is 1. The highest BCUT2D eigenvalue weighted by atomic mass is 16.3. The number of furan rings is 1. The SMILES string of the molecule is CC.Cc1cccc2c3c(oc12)=C=CC=3. The molecule has 1 aliphatic rings. The van der Waals surface area contributed by atoms with Crippen molar-refractivity contribution in [2.45, 2.75) is 20.8 Å². The van der Waals surface area contributed by atoms with Gasteiger partial charge in [-0.05, 0) is 24.6 Å². The summed E-state index contributed by atoms with van der Waals surface area (Å²) in [5, 5.41) is 2.36. The van der Waals surface area contributed by atoms with E-state index >= 15 is 0 Å². The number of fused-ring (bicyclic) bond motifs is 3. The van der Waals surface area contributed by atoms with Crippen molar-refractivity contribution in [2.75, 3.05) is 0 Å². The maximum absolute atomic E-state index is 5.67. The first-order valence-corrected chi connectivity index (χ1v) is 5.31. The zero-order chi connectivity index (χ0) is 10.8. The maximum atomic E-state index is 5.67. The number of rotatable bonds is 0. The first-order chi connectivity index (χ1) is 7.36. The number of aryl methyl sites for hydroxylation is 1. The van der Waals surface area contributed by atoms with Gasteiger partial charge in [-0.15, -0.1) is 0 Å². The van der Waals surface area contributed by atoms with Crippen LogP contribution in [-0.2, 0) is 0 Å². The molecular weight excluding hydrogens is 184 g/mol. The topological polar surface area (TPSA) is 13.1 Å². The quantitative estimate of drug-likeness (QED) is 0.634. The van der Waals surface area contributed by atoms with Gasteiger partial charge in [0.1, 0.15) is 5.58 Å². The van der Waals surface area contributed by atoms with Crippen LogP contribution in [0.2, 0.25) is 0 Å². The average molecular weight is 198 g/mol. The van der Waals surface area contributed by atoms with Gasteiger partial charge in [0.05, 0.1) is 0 Å². The van der Waals surface area contributed by atoms with Crippen LogP contribution >= 0.6 is 0 Å². The minimum Gasteiger partial charge on any atom is -0.447 e. The first kappa shape index (κ1) is 9.82. The van der Waals surface area contributed by atoms with Crippen molar-refractivity contribution in [1.82, 2.24) is 0 Å². The molecule has 76 valence electrons. The Morgan fingerprint density at radius 2 is 2.00 bits per heavy atom. The second kappa shape index (κ2) is 3.80. The molecule has 1 heteroatoms. The van der Waals surface area contributed by atoms with E-state index in [1.807, 2.05) is 26.0 Å². The van der Waals surface area contributed by atoms with Crippen LogP contribution in [0.3, 0.4) is 0 Å². The van der Waals surface area contributed by atoms with Gasteiger partial charge < -0.3 is 4.42 Å². The molecule has 1 aromatic heterocycles. The van der Waals surface area contributed by atoms with Crippen LogP contribution in [0.15, 0.2) is 28.7 Å². The zero-order valence-electron chi connectivity index (χ0n) is 9.29. The van der Waals surface area contributed by atoms with Gasteiger partial charge in [-0.2, -0.15) is 0 Å². The van der Waals surface area contributed by atoms with E-state index in [-0.39, 0.29) is 0 Å². The zero-order valence-corrected chi connectivity index (χ0v) is 9.29. The Kier molecular flexibility index (Phi) is 2.49. The normalized spacial score (nSPS) is 11.4. The molecule has 1 aromatic carbocycles. The van der Waals surface area contributed by atoms with E-state index in [0.29, 0.717) is 0 Å². The lowest BCUT2D eigenvalue weighted by Crippen LogP contribution is -2.15. The Balaban J connectivity index is 0.000000404. The number of para-hydroxylation sites is 1. The summed E-state index contributed by atoms with van der Waals surface area (Å²) in [5.74, 6) is 0. The van der Waals surface area contributed by atoms with Crippen molar-refractivity contribution in [1.29, 1.82) is 0 Å². The minimum atomic E-state index is 0.865. The predicted octanol–water partition coefficient (Wildman–Crippen LogP) is 2.50. The standard InChI is InChI=1S/C12H8O.C2H6/c1-8-4-2-6-10-9-5-3-7-11(9)13-12(8)10;1-2/h2-6H,1H3;1-2H3. The molecule has 0 N–H and O–H groups in total. The fraction of sp³-hybridized carbons (Fsp3) is 0.214. The fourth-order valence-electron chi connectivity index (χ4n) is 1.75. The highest BCUT2D eigenvalue weighted by molar-refractivity contribution is 5.83. The van der Waals surface area contributed by atoms with Gasteiger partial charge in [-0.3, -0.25) is 0 Å². The number of allylic oxidation sites excluding steroid dienone is 1. The molecule has 0 amide bonds. The summed E-state index contributed by atoms with van der Waals surface area (Å²) < 4.78 is 5.67. The summed E-state index contributed by atoms with van der Waals surface area (Å²) in [6.45, 7) is 6.06. The van der Waals surface area contributed by atoms with Crippen molar-refractivity contribution in [3.63, 3.8) is 0 Å². The maximum Gasteiger partial charge on any atom is 0.177 e. The summed E-state index contributed by atoms with van der Waals surface area (Å²) in [6, 6.07) is 6.20. The van der Waals surface area contributed by atoms with Crippen LogP contribution in [0, 0.1) is 6.92 Å². The van der Waals surface area contributed by atoms with Crippen LogP contribution in [0.5, 0.6) is 0 Å². The molecule has 0 radical (unpaired) electrons. The van der Waals surface area contributed by atoms with Gasteiger partial charge >= 0.3 is 0 Å². The van der Waals surface area contributed by atoms with Crippen molar-refractivity contribution in [3.8, 4) is 0 Å². The van der Waals surface area contributed by atoms with Gasteiger partial charge in [-0.25, -0.2) is 0 Å². The first-order valence-electron chi connectivity index (χ1n) is 5.31. The van der Waals surface area contributed by atoms with Gasteiger partial charge in [-0.1, -0.05) is 37.8 Å².